The van der Waals surface area contributed by atoms with Crippen molar-refractivity contribution in [2.75, 3.05) is 0 Å². The summed E-state index contributed by atoms with van der Waals surface area (Å²) in [5.74, 6) is -0.992. The predicted octanol–water partition coefficient (Wildman–Crippen LogP) is 2.39. The third kappa shape index (κ3) is 1.92. The molecule has 5 heteroatoms. The highest BCUT2D eigenvalue weighted by molar-refractivity contribution is 6.30. The van der Waals surface area contributed by atoms with E-state index in [0.29, 0.717) is 10.7 Å². The van der Waals surface area contributed by atoms with Gasteiger partial charge in [0.2, 0.25) is 0 Å². The van der Waals surface area contributed by atoms with Crippen molar-refractivity contribution >= 4 is 29.3 Å². The molecule has 0 aliphatic rings. The van der Waals surface area contributed by atoms with E-state index in [-0.39, 0.29) is 0 Å². The van der Waals surface area contributed by atoms with E-state index in [1.54, 1.807) is 16.8 Å². The molecule has 16 heavy (non-hydrogen) atoms. The molecule has 0 spiro atoms. The molecule has 0 saturated carbocycles. The number of rotatable bonds is 2. The van der Waals surface area contributed by atoms with Crippen LogP contribution in [0.1, 0.15) is 11.3 Å². The number of pyridine rings is 1. The van der Waals surface area contributed by atoms with Crippen molar-refractivity contribution in [3.63, 3.8) is 0 Å². The maximum Gasteiger partial charge on any atom is 0.328 e. The third-order valence-corrected chi connectivity index (χ3v) is 2.39. The van der Waals surface area contributed by atoms with Crippen molar-refractivity contribution in [2.24, 2.45) is 0 Å². The van der Waals surface area contributed by atoms with Crippen LogP contribution in [0.15, 0.2) is 24.5 Å². The van der Waals surface area contributed by atoms with E-state index < -0.39 is 5.97 Å². The summed E-state index contributed by atoms with van der Waals surface area (Å²) >= 11 is 5.93. The molecule has 0 amide bonds. The van der Waals surface area contributed by atoms with Crippen LogP contribution in [0.25, 0.3) is 11.7 Å². The average molecular weight is 237 g/mol. The first-order valence-corrected chi connectivity index (χ1v) is 5.00. The van der Waals surface area contributed by atoms with Gasteiger partial charge in [0.15, 0.2) is 0 Å². The van der Waals surface area contributed by atoms with Crippen molar-refractivity contribution in [3.8, 4) is 0 Å². The summed E-state index contributed by atoms with van der Waals surface area (Å²) < 4.78 is 1.76. The van der Waals surface area contributed by atoms with Gasteiger partial charge in [-0.05, 0) is 24.6 Å². The molecule has 0 bridgehead atoms. The number of aryl methyl sites for hydroxylation is 1. The SMILES string of the molecule is Cc1cc(Cl)cn2c(/C=C/C(=O)O)cnc12. The van der Waals surface area contributed by atoms with E-state index in [2.05, 4.69) is 4.98 Å². The van der Waals surface area contributed by atoms with Crippen LogP contribution >= 0.6 is 11.6 Å². The highest BCUT2D eigenvalue weighted by atomic mass is 35.5. The summed E-state index contributed by atoms with van der Waals surface area (Å²) in [6.07, 6.45) is 5.87. The van der Waals surface area contributed by atoms with Gasteiger partial charge in [0.25, 0.3) is 0 Å². The van der Waals surface area contributed by atoms with Crippen LogP contribution in [-0.2, 0) is 4.79 Å². The second-order valence-corrected chi connectivity index (χ2v) is 3.83. The maximum absolute atomic E-state index is 10.4. The van der Waals surface area contributed by atoms with Gasteiger partial charge in [0.1, 0.15) is 5.65 Å². The third-order valence-electron chi connectivity index (χ3n) is 2.18. The molecule has 2 rings (SSSR count). The van der Waals surface area contributed by atoms with Crippen LogP contribution < -0.4 is 0 Å². The monoisotopic (exact) mass is 236 g/mol. The molecular weight excluding hydrogens is 228 g/mol. The molecule has 0 aliphatic carbocycles. The first kappa shape index (κ1) is 10.7. The van der Waals surface area contributed by atoms with Crippen LogP contribution in [0, 0.1) is 6.92 Å². The Morgan fingerprint density at radius 2 is 2.38 bits per heavy atom. The van der Waals surface area contributed by atoms with Gasteiger partial charge in [-0.25, -0.2) is 9.78 Å². The number of aliphatic carboxylic acids is 1. The zero-order valence-electron chi connectivity index (χ0n) is 8.51. The normalized spacial score (nSPS) is 11.4. The van der Waals surface area contributed by atoms with Crippen LogP contribution in [0.3, 0.4) is 0 Å². The van der Waals surface area contributed by atoms with Gasteiger partial charge in [0, 0.05) is 12.3 Å². The lowest BCUT2D eigenvalue weighted by Gasteiger charge is -2.00. The summed E-state index contributed by atoms with van der Waals surface area (Å²) in [4.78, 5) is 14.6. The first-order chi connectivity index (χ1) is 7.58. The Kier molecular flexibility index (Phi) is 2.66. The predicted molar refractivity (Wildman–Crippen MR) is 61.6 cm³/mol. The van der Waals surface area contributed by atoms with E-state index in [1.165, 1.54) is 6.08 Å². The molecule has 2 heterocycles. The number of hydrogen-bond donors (Lipinski definition) is 1. The van der Waals surface area contributed by atoms with Crippen LogP contribution in [0.5, 0.6) is 0 Å². The summed E-state index contributed by atoms with van der Waals surface area (Å²) in [7, 11) is 0. The number of carbonyl (C=O) groups is 1. The van der Waals surface area contributed by atoms with E-state index in [1.807, 2.05) is 13.0 Å². The van der Waals surface area contributed by atoms with Gasteiger partial charge in [-0.3, -0.25) is 4.40 Å². The molecule has 0 radical (unpaired) electrons. The van der Waals surface area contributed by atoms with Crippen molar-refractivity contribution in [1.29, 1.82) is 0 Å². The number of hydrogen-bond acceptors (Lipinski definition) is 2. The van der Waals surface area contributed by atoms with Gasteiger partial charge in [-0.15, -0.1) is 0 Å². The topological polar surface area (TPSA) is 54.6 Å². The summed E-state index contributed by atoms with van der Waals surface area (Å²) in [5, 5.41) is 9.14. The smallest absolute Gasteiger partial charge is 0.328 e. The minimum absolute atomic E-state index is 0.591. The Hall–Kier alpha value is -1.81. The van der Waals surface area contributed by atoms with Gasteiger partial charge in [-0.2, -0.15) is 0 Å². The van der Waals surface area contributed by atoms with E-state index in [9.17, 15) is 4.79 Å². The quantitative estimate of drug-likeness (QED) is 0.815. The number of imidazole rings is 1. The van der Waals surface area contributed by atoms with Gasteiger partial charge in [0.05, 0.1) is 16.9 Å². The van der Waals surface area contributed by atoms with Gasteiger partial charge in [-0.1, -0.05) is 11.6 Å². The van der Waals surface area contributed by atoms with E-state index in [0.717, 1.165) is 17.3 Å². The molecule has 2 aromatic rings. The first-order valence-electron chi connectivity index (χ1n) is 4.62. The molecule has 1 N–H and O–H groups in total. The Morgan fingerprint density at radius 3 is 3.06 bits per heavy atom. The molecule has 82 valence electrons. The summed E-state index contributed by atoms with van der Waals surface area (Å²) in [6.45, 7) is 1.90. The Morgan fingerprint density at radius 1 is 1.62 bits per heavy atom. The molecule has 0 saturated heterocycles. The lowest BCUT2D eigenvalue weighted by Crippen LogP contribution is -1.91. The second kappa shape index (κ2) is 3.98. The van der Waals surface area contributed by atoms with Crippen molar-refractivity contribution in [2.45, 2.75) is 6.92 Å². The Labute approximate surface area is 96.8 Å². The summed E-state index contributed by atoms with van der Waals surface area (Å²) in [5.41, 5.74) is 2.40. The second-order valence-electron chi connectivity index (χ2n) is 3.39. The lowest BCUT2D eigenvalue weighted by atomic mass is 10.3. The van der Waals surface area contributed by atoms with Crippen LogP contribution in [0.4, 0.5) is 0 Å². The molecule has 2 aromatic heterocycles. The Balaban J connectivity index is 2.60. The molecule has 0 fully saturated rings. The van der Waals surface area contributed by atoms with E-state index >= 15 is 0 Å². The lowest BCUT2D eigenvalue weighted by molar-refractivity contribution is -0.131. The fourth-order valence-electron chi connectivity index (χ4n) is 1.51. The average Bonchev–Trinajstić information content (AvgIpc) is 2.58. The molecule has 0 aliphatic heterocycles. The van der Waals surface area contributed by atoms with Crippen molar-refractivity contribution < 1.29 is 9.90 Å². The molecule has 4 nitrogen and oxygen atoms in total. The molecule has 0 unspecified atom stereocenters. The Bertz CT molecular complexity index is 587. The largest absolute Gasteiger partial charge is 0.478 e. The number of fused-ring (bicyclic) bond motifs is 1. The number of carboxylic acids is 1. The maximum atomic E-state index is 10.4. The van der Waals surface area contributed by atoms with Gasteiger partial charge < -0.3 is 5.11 Å². The standard InChI is InChI=1S/C11H9ClN2O2/c1-7-4-8(12)6-14-9(2-3-10(15)16)5-13-11(7)14/h2-6H,1H3,(H,15,16)/b3-2+. The highest BCUT2D eigenvalue weighted by Crippen LogP contribution is 2.18. The number of carboxylic acid groups (broad SMARTS) is 1. The molecular formula is C11H9ClN2O2. The number of nitrogens with zero attached hydrogens (tertiary/aromatic N) is 2. The number of aromatic nitrogens is 2. The fraction of sp³-hybridized carbons (Fsp3) is 0.0909. The summed E-state index contributed by atoms with van der Waals surface area (Å²) in [6, 6.07) is 1.81. The van der Waals surface area contributed by atoms with Crippen molar-refractivity contribution in [1.82, 2.24) is 9.38 Å². The van der Waals surface area contributed by atoms with Crippen LogP contribution in [-0.4, -0.2) is 20.5 Å². The molecule has 0 aromatic carbocycles. The van der Waals surface area contributed by atoms with Crippen LogP contribution in [0.2, 0.25) is 5.02 Å². The number of halogens is 1. The van der Waals surface area contributed by atoms with Crippen molar-refractivity contribution in [3.05, 3.63) is 40.8 Å². The van der Waals surface area contributed by atoms with Gasteiger partial charge >= 0.3 is 5.97 Å². The highest BCUT2D eigenvalue weighted by Gasteiger charge is 2.04. The zero-order chi connectivity index (χ0) is 11.7. The minimum atomic E-state index is -0.992. The zero-order valence-corrected chi connectivity index (χ0v) is 9.27. The van der Waals surface area contributed by atoms with E-state index in [4.69, 9.17) is 16.7 Å². The fourth-order valence-corrected chi connectivity index (χ4v) is 1.77. The minimum Gasteiger partial charge on any atom is -0.478 e. The molecule has 0 atom stereocenters.